The van der Waals surface area contributed by atoms with Gasteiger partial charge in [-0.3, -0.25) is 0 Å². The molecule has 0 radical (unpaired) electrons. The highest BCUT2D eigenvalue weighted by Gasteiger charge is 2.46. The maximum absolute atomic E-state index is 9.86. The molecule has 0 unspecified atom stereocenters. The summed E-state index contributed by atoms with van der Waals surface area (Å²) < 4.78 is 171. The number of nitrogens with zero attached hydrogens (tertiary/aromatic N) is 5. The first-order chi connectivity index (χ1) is 60.4. The number of hydrogen-bond acceptors (Lipinski definition) is 4. The van der Waals surface area contributed by atoms with Gasteiger partial charge in [-0.05, 0) is 185 Å². The molecule has 112 heavy (non-hydrogen) atoms. The highest BCUT2D eigenvalue weighted by molar-refractivity contribution is 7.00. The summed E-state index contributed by atoms with van der Waals surface area (Å²) in [5.74, 6) is 0. The van der Waals surface area contributed by atoms with Gasteiger partial charge in [-0.15, -0.1) is 0 Å². The number of hydrogen-bond donors (Lipinski definition) is 0. The molecule has 7 heterocycles. The van der Waals surface area contributed by atoms with E-state index in [4.69, 9.17) is 17.1 Å². The van der Waals surface area contributed by atoms with E-state index in [1.165, 1.54) is 15.7 Å². The van der Waals surface area contributed by atoms with Crippen molar-refractivity contribution in [2.75, 3.05) is 9.80 Å². The number of fused-ring (bicyclic) bond motifs is 19. The third-order valence-electron chi connectivity index (χ3n) is 23.7. The quantitative estimate of drug-likeness (QED) is 0.156. The van der Waals surface area contributed by atoms with Crippen molar-refractivity contribution >= 4 is 167 Å². The van der Waals surface area contributed by atoms with E-state index < -0.39 is 109 Å². The average Bonchev–Trinajstić information content (AvgIpc) is 0.983. The van der Waals surface area contributed by atoms with Crippen LogP contribution in [0.2, 0.25) is 0 Å². The molecule has 14 aromatic carbocycles. The van der Waals surface area contributed by atoms with E-state index >= 15 is 0 Å². The molecule has 0 amide bonds. The first-order valence-electron chi connectivity index (χ1n) is 46.6. The third-order valence-corrected chi connectivity index (χ3v) is 23.7. The summed E-state index contributed by atoms with van der Waals surface area (Å²) in [4.78, 5) is 4.53. The van der Waals surface area contributed by atoms with Gasteiger partial charge in [0.2, 0.25) is 0 Å². The molecular weight excluding hydrogens is 1360 g/mol. The Morgan fingerprint density at radius 2 is 0.616 bits per heavy atom. The highest BCUT2D eigenvalue weighted by atomic mass is 16.3. The number of anilines is 6. The molecule has 0 saturated carbocycles. The van der Waals surface area contributed by atoms with Crippen LogP contribution in [0.15, 0.2) is 281 Å². The van der Waals surface area contributed by atoms with Gasteiger partial charge in [-0.2, -0.15) is 0 Å². The van der Waals surface area contributed by atoms with Gasteiger partial charge in [0.1, 0.15) is 0 Å². The normalized spacial score (nSPS) is 15.6. The Hall–Kier alpha value is -12.3. The van der Waals surface area contributed by atoms with Crippen LogP contribution >= 0.6 is 0 Å². The van der Waals surface area contributed by atoms with Gasteiger partial charge in [-0.1, -0.05) is 273 Å². The van der Waals surface area contributed by atoms with Crippen LogP contribution < -0.4 is 26.2 Å². The number of benzene rings is 14. The smallest absolute Gasteiger partial charge is 0.252 e. The summed E-state index contributed by atoms with van der Waals surface area (Å²) in [6, 6.07) is 53.6. The molecular formula is C104H90BN5O2. The number of para-hydroxylation sites is 8. The second-order valence-electron chi connectivity index (χ2n) is 35.8. The number of furan rings is 2. The van der Waals surface area contributed by atoms with Crippen LogP contribution in [0.4, 0.5) is 34.1 Å². The maximum atomic E-state index is 9.86. The summed E-state index contributed by atoms with van der Waals surface area (Å²) in [5.41, 5.74) is 17.8. The highest BCUT2D eigenvalue weighted by Crippen LogP contribution is 2.53. The molecule has 19 aromatic rings. The Balaban J connectivity index is 0.895. The van der Waals surface area contributed by atoms with Crippen molar-refractivity contribution in [2.24, 2.45) is 0 Å². The van der Waals surface area contributed by atoms with Crippen molar-refractivity contribution in [1.29, 1.82) is 0 Å². The van der Waals surface area contributed by atoms with Crippen molar-refractivity contribution < 1.29 is 30.8 Å². The minimum Gasteiger partial charge on any atom is -0.452 e. The van der Waals surface area contributed by atoms with Crippen molar-refractivity contribution in [3.8, 4) is 28.2 Å². The summed E-state index contributed by atoms with van der Waals surface area (Å²) in [7, 11) is 0. The second kappa shape index (κ2) is 23.6. The van der Waals surface area contributed by atoms with E-state index in [1.807, 2.05) is 54.6 Å². The molecule has 546 valence electrons. The summed E-state index contributed by atoms with van der Waals surface area (Å²) in [6.45, 7) is 32.7. The Kier molecular flexibility index (Phi) is 11.1. The van der Waals surface area contributed by atoms with Gasteiger partial charge in [0, 0.05) is 82.3 Å². The summed E-state index contributed by atoms with van der Waals surface area (Å²) in [5, 5.41) is 4.91. The van der Waals surface area contributed by atoms with E-state index in [0.717, 1.165) is 99.5 Å². The van der Waals surface area contributed by atoms with Gasteiger partial charge < -0.3 is 32.3 Å². The fourth-order valence-electron chi connectivity index (χ4n) is 17.8. The van der Waals surface area contributed by atoms with Crippen LogP contribution in [-0.2, 0) is 27.1 Å². The molecule has 21 rings (SSSR count). The SMILES string of the molecule is [2H]c1c([2H])c([2H])c2c(c1[2H])c1c([2H])c([2H])c([2H])c([2H])c1n2-c1ccc2c(c1)N(c1cccc3c1oc1c(-n4c5ccc(C(C)(C)C)cc5c5cc(C(C)(C)C)ccc54)cccc13)c1cc(C(C)(C)C)cc3c1B2c1ccc(-c2cc(C(C)(C)C)cc(C(C)(C)C)c2)cc1N3c1cccc2c1oc1c(-n3c4c([2H])c([2H])c([2H])c([2H])c4c4c([2H])c([2H])c([2H])c([2H])c43)cccc12. The summed E-state index contributed by atoms with van der Waals surface area (Å²) >= 11 is 0. The van der Waals surface area contributed by atoms with Crippen LogP contribution in [-0.4, -0.2) is 20.4 Å². The van der Waals surface area contributed by atoms with Crippen LogP contribution in [0.3, 0.4) is 0 Å². The predicted octanol–water partition coefficient (Wildman–Crippen LogP) is 27.0. The molecule has 0 spiro atoms. The number of aromatic nitrogens is 3. The molecule has 2 aliphatic rings. The average molecular weight is 1470 g/mol. The molecule has 0 fully saturated rings. The Labute approximate surface area is 677 Å². The topological polar surface area (TPSA) is 47.6 Å². The van der Waals surface area contributed by atoms with Gasteiger partial charge in [0.05, 0.1) is 77.8 Å². The first kappa shape index (κ1) is 52.8. The lowest BCUT2D eigenvalue weighted by atomic mass is 9.33. The van der Waals surface area contributed by atoms with Gasteiger partial charge in [-0.25, -0.2) is 0 Å². The largest absolute Gasteiger partial charge is 0.452 e. The standard InChI is InChI=1S/C104H90BN5O2/c1-100(2,3)63-45-50-85-77(56-63)78-57-64(101(4,5)6)46-51-86(78)108(85)88-41-25-33-74-76-35-27-43-90(99(76)112-97(74)88)110-92-60-68(106-81-36-20-16-28-69(81)70-29-17-21-37-82(70)106)47-49-80(92)105-79-48-44-61(62-52-65(102(7,8)9)55-66(53-62)103(10,11)12)54-91(79)109(93-58-67(104(13,14)15)59-94(110)95(93)105)89-42-26-34-75-73-32-24-40-87(96(73)111-98(75)89)107-83-38-22-18-30-71(83)72-31-19-23-39-84(72)107/h16-60H,1-15H3/i16D,17D,18D,19D,20D,21D,22D,23D,28D,29D,30D,31D,36D,37D,38D,39D. The van der Waals surface area contributed by atoms with Crippen molar-refractivity contribution in [1.82, 2.24) is 13.7 Å². The maximum Gasteiger partial charge on any atom is 0.252 e. The summed E-state index contributed by atoms with van der Waals surface area (Å²) in [6.07, 6.45) is 0. The Bertz CT molecular complexity index is 8020. The lowest BCUT2D eigenvalue weighted by Crippen LogP contribution is -2.61. The van der Waals surface area contributed by atoms with Gasteiger partial charge in [0.15, 0.2) is 22.3 Å². The molecule has 8 heteroatoms. The van der Waals surface area contributed by atoms with E-state index in [1.54, 1.807) is 10.6 Å². The fourth-order valence-corrected chi connectivity index (χ4v) is 17.8. The third kappa shape index (κ3) is 10.0. The molecule has 0 saturated heterocycles. The van der Waals surface area contributed by atoms with Crippen molar-refractivity contribution in [3.63, 3.8) is 0 Å². The van der Waals surface area contributed by atoms with Crippen LogP contribution in [0.25, 0.3) is 137 Å². The molecule has 2 aliphatic heterocycles. The fraction of sp³-hybridized carbons (Fsp3) is 0.192. The molecule has 0 atom stereocenters. The van der Waals surface area contributed by atoms with E-state index in [-0.39, 0.29) is 76.5 Å². The zero-order valence-corrected chi connectivity index (χ0v) is 65.4. The molecule has 0 bridgehead atoms. The van der Waals surface area contributed by atoms with E-state index in [0.29, 0.717) is 50.3 Å². The Morgan fingerprint density at radius 3 is 1.04 bits per heavy atom. The molecule has 0 aliphatic carbocycles. The van der Waals surface area contributed by atoms with E-state index in [2.05, 4.69) is 233 Å². The lowest BCUT2D eigenvalue weighted by Gasteiger charge is -2.45. The molecule has 5 aromatic heterocycles. The van der Waals surface area contributed by atoms with Crippen LogP contribution in [0.1, 0.15) is 154 Å². The Morgan fingerprint density at radius 1 is 0.259 bits per heavy atom. The molecule has 7 nitrogen and oxygen atoms in total. The predicted molar refractivity (Wildman–Crippen MR) is 477 cm³/mol. The monoisotopic (exact) mass is 1470 g/mol. The molecule has 0 N–H and O–H groups in total. The van der Waals surface area contributed by atoms with Gasteiger partial charge >= 0.3 is 0 Å². The zero-order valence-electron chi connectivity index (χ0n) is 81.4. The number of rotatable bonds is 6. The first-order valence-corrected chi connectivity index (χ1v) is 38.6. The second-order valence-corrected chi connectivity index (χ2v) is 35.8. The van der Waals surface area contributed by atoms with Crippen molar-refractivity contribution in [2.45, 2.75) is 131 Å². The lowest BCUT2D eigenvalue weighted by molar-refractivity contribution is 0.569. The van der Waals surface area contributed by atoms with Crippen LogP contribution in [0, 0.1) is 0 Å². The zero-order chi connectivity index (χ0) is 90.6. The minimum atomic E-state index is -0.640. The van der Waals surface area contributed by atoms with Crippen molar-refractivity contribution in [3.05, 3.63) is 300 Å². The van der Waals surface area contributed by atoms with E-state index in [9.17, 15) is 13.7 Å². The van der Waals surface area contributed by atoms with Crippen LogP contribution in [0.5, 0.6) is 0 Å². The minimum absolute atomic E-state index is 0.0294. The van der Waals surface area contributed by atoms with Gasteiger partial charge in [0.25, 0.3) is 6.71 Å².